The SMILES string of the molecule is CC(C)c1ccc(-c2c(OPOc3ccc(-c4ccccc4)c(-c4ccc(C(C)C)cc4C(C)C)c3-c3ccc(C(C)C)cc3C(C)C)ccc(-c3ccccc3)c2-c2ccc(C(C)C)cc2C(C)C)c(C(C)C)c1. The molecular formula is C72H83O2P. The van der Waals surface area contributed by atoms with Gasteiger partial charge < -0.3 is 9.05 Å². The molecule has 0 N–H and O–H groups in total. The van der Waals surface area contributed by atoms with Crippen molar-refractivity contribution in [1.82, 2.24) is 0 Å². The summed E-state index contributed by atoms with van der Waals surface area (Å²) in [7, 11) is -0.351. The van der Waals surface area contributed by atoms with Crippen LogP contribution in [0.5, 0.6) is 11.5 Å². The number of hydrogen-bond donors (Lipinski definition) is 0. The van der Waals surface area contributed by atoms with Crippen molar-refractivity contribution < 1.29 is 9.05 Å². The highest BCUT2D eigenvalue weighted by atomic mass is 31.1. The van der Waals surface area contributed by atoms with Crippen molar-refractivity contribution in [2.45, 2.75) is 158 Å². The van der Waals surface area contributed by atoms with E-state index >= 15 is 0 Å². The van der Waals surface area contributed by atoms with Crippen molar-refractivity contribution in [1.29, 1.82) is 0 Å². The normalized spacial score (nSPS) is 11.9. The van der Waals surface area contributed by atoms with E-state index in [1.54, 1.807) is 0 Å². The second-order valence-electron chi connectivity index (χ2n) is 23.4. The molecule has 0 fully saturated rings. The Morgan fingerprint density at radius 1 is 0.253 bits per heavy atom. The number of benzene rings is 8. The first-order chi connectivity index (χ1) is 35.9. The van der Waals surface area contributed by atoms with Crippen molar-refractivity contribution >= 4 is 9.03 Å². The molecule has 75 heavy (non-hydrogen) atoms. The fourth-order valence-corrected chi connectivity index (χ4v) is 11.4. The van der Waals surface area contributed by atoms with Crippen LogP contribution in [0.25, 0.3) is 66.8 Å². The lowest BCUT2D eigenvalue weighted by molar-refractivity contribution is 0.518. The minimum atomic E-state index is -0.351. The van der Waals surface area contributed by atoms with Gasteiger partial charge in [-0.25, -0.2) is 0 Å². The van der Waals surface area contributed by atoms with E-state index in [1.165, 1.54) is 100 Å². The molecule has 0 aliphatic carbocycles. The van der Waals surface area contributed by atoms with Gasteiger partial charge >= 0.3 is 0 Å². The third kappa shape index (κ3) is 11.8. The molecule has 8 aromatic carbocycles. The molecule has 2 nitrogen and oxygen atoms in total. The van der Waals surface area contributed by atoms with E-state index in [9.17, 15) is 0 Å². The van der Waals surface area contributed by atoms with Crippen molar-refractivity contribution in [2.75, 3.05) is 0 Å². The van der Waals surface area contributed by atoms with Crippen LogP contribution in [-0.2, 0) is 0 Å². The summed E-state index contributed by atoms with van der Waals surface area (Å²) in [5.41, 5.74) is 24.8. The molecule has 0 amide bonds. The van der Waals surface area contributed by atoms with Crippen LogP contribution in [0.15, 0.2) is 158 Å². The summed E-state index contributed by atoms with van der Waals surface area (Å²) in [6.07, 6.45) is 0. The Kier molecular flexibility index (Phi) is 17.4. The zero-order chi connectivity index (χ0) is 53.8. The topological polar surface area (TPSA) is 18.5 Å². The predicted octanol–water partition coefficient (Wildman–Crippen LogP) is 22.6. The Bertz CT molecular complexity index is 3020. The molecule has 8 rings (SSSR count). The fraction of sp³-hybridized carbons (Fsp3) is 0.333. The van der Waals surface area contributed by atoms with Gasteiger partial charge in [-0.05, 0) is 148 Å². The molecule has 0 aromatic heterocycles. The second-order valence-corrected chi connectivity index (χ2v) is 23.9. The standard InChI is InChI=1S/C72H83O2P/c1-43(2)53-27-31-59(63(39-53)47(9)10)69-57(51-23-19-17-20-24-51)35-37-67(71(69)61-33-29-55(45(5)6)41-65(61)49(13)14)73-75-74-68-38-36-58(52-25-21-18-22-26-52)70(60-32-28-54(44(3)4)40-64(60)48(11)12)72(68)62-34-30-56(46(7)8)42-66(62)50(15)16/h17-50,75H,1-16H3. The minimum absolute atomic E-state index is 0.262. The average molecular weight is 1010 g/mol. The van der Waals surface area contributed by atoms with Crippen LogP contribution < -0.4 is 9.05 Å². The van der Waals surface area contributed by atoms with Gasteiger partial charge in [0.05, 0.1) is 0 Å². The van der Waals surface area contributed by atoms with Crippen LogP contribution in [0.3, 0.4) is 0 Å². The van der Waals surface area contributed by atoms with Gasteiger partial charge in [0.15, 0.2) is 0 Å². The summed E-state index contributed by atoms with van der Waals surface area (Å²) < 4.78 is 14.6. The fourth-order valence-electron chi connectivity index (χ4n) is 10.8. The molecule has 0 spiro atoms. The van der Waals surface area contributed by atoms with Crippen LogP contribution in [0.1, 0.15) is 203 Å². The van der Waals surface area contributed by atoms with Crippen LogP contribution in [-0.4, -0.2) is 0 Å². The molecule has 0 saturated carbocycles. The molecule has 0 bridgehead atoms. The van der Waals surface area contributed by atoms with E-state index < -0.39 is 0 Å². The molecule has 0 atom stereocenters. The van der Waals surface area contributed by atoms with Gasteiger partial charge in [-0.2, -0.15) is 0 Å². The molecular weight excluding hydrogens is 928 g/mol. The van der Waals surface area contributed by atoms with E-state index in [4.69, 9.17) is 9.05 Å². The Hall–Kier alpha value is -6.21. The third-order valence-electron chi connectivity index (χ3n) is 15.3. The minimum Gasteiger partial charge on any atom is -0.440 e. The second kappa shape index (κ2) is 23.8. The molecule has 388 valence electrons. The first kappa shape index (κ1) is 55.0. The summed E-state index contributed by atoms with van der Waals surface area (Å²) in [6, 6.07) is 59.4. The van der Waals surface area contributed by atoms with Gasteiger partial charge in [0, 0.05) is 22.3 Å². The van der Waals surface area contributed by atoms with Crippen molar-refractivity contribution in [3.05, 3.63) is 202 Å². The molecule has 0 unspecified atom stereocenters. The Labute approximate surface area is 454 Å². The summed E-state index contributed by atoms with van der Waals surface area (Å²) in [5.74, 6) is 4.30. The van der Waals surface area contributed by atoms with E-state index in [-0.39, 0.29) is 32.7 Å². The maximum absolute atomic E-state index is 7.31. The highest BCUT2D eigenvalue weighted by Gasteiger charge is 2.28. The van der Waals surface area contributed by atoms with Crippen LogP contribution in [0, 0.1) is 0 Å². The highest BCUT2D eigenvalue weighted by Crippen LogP contribution is 2.53. The van der Waals surface area contributed by atoms with Gasteiger partial charge in [-0.3, -0.25) is 0 Å². The smallest absolute Gasteiger partial charge is 0.275 e. The van der Waals surface area contributed by atoms with Gasteiger partial charge in [0.1, 0.15) is 11.5 Å². The summed E-state index contributed by atoms with van der Waals surface area (Å²) >= 11 is 0. The summed E-state index contributed by atoms with van der Waals surface area (Å²) in [6.45, 7) is 36.9. The molecule has 0 radical (unpaired) electrons. The lowest BCUT2D eigenvalue weighted by Gasteiger charge is -2.27. The largest absolute Gasteiger partial charge is 0.440 e. The summed E-state index contributed by atoms with van der Waals surface area (Å²) in [5, 5.41) is 0. The van der Waals surface area contributed by atoms with E-state index in [2.05, 4.69) is 269 Å². The van der Waals surface area contributed by atoms with Crippen molar-refractivity contribution in [3.63, 3.8) is 0 Å². The molecule has 8 aromatic rings. The van der Waals surface area contributed by atoms with Gasteiger partial charge in [0.25, 0.3) is 9.03 Å². The Morgan fingerprint density at radius 3 is 0.760 bits per heavy atom. The van der Waals surface area contributed by atoms with Crippen LogP contribution >= 0.6 is 9.03 Å². The van der Waals surface area contributed by atoms with Crippen LogP contribution in [0.4, 0.5) is 0 Å². The number of hydrogen-bond acceptors (Lipinski definition) is 2. The zero-order valence-corrected chi connectivity index (χ0v) is 48.9. The predicted molar refractivity (Wildman–Crippen MR) is 328 cm³/mol. The van der Waals surface area contributed by atoms with Crippen LogP contribution in [0.2, 0.25) is 0 Å². The molecule has 3 heteroatoms. The monoisotopic (exact) mass is 1010 g/mol. The molecule has 0 saturated heterocycles. The van der Waals surface area contributed by atoms with E-state index in [1.807, 2.05) is 0 Å². The first-order valence-corrected chi connectivity index (χ1v) is 28.8. The first-order valence-electron chi connectivity index (χ1n) is 28.0. The lowest BCUT2D eigenvalue weighted by atomic mass is 9.79. The van der Waals surface area contributed by atoms with Crippen molar-refractivity contribution in [3.8, 4) is 78.3 Å². The molecule has 0 heterocycles. The Morgan fingerprint density at radius 2 is 0.507 bits per heavy atom. The quantitative estimate of drug-likeness (QED) is 0.0798. The lowest BCUT2D eigenvalue weighted by Crippen LogP contribution is -2.04. The zero-order valence-electron chi connectivity index (χ0n) is 47.9. The average Bonchev–Trinajstić information content (AvgIpc) is 3.40. The van der Waals surface area contributed by atoms with E-state index in [0.29, 0.717) is 23.7 Å². The van der Waals surface area contributed by atoms with Crippen molar-refractivity contribution in [2.24, 2.45) is 0 Å². The Balaban J connectivity index is 1.41. The summed E-state index contributed by atoms with van der Waals surface area (Å²) in [4.78, 5) is 0. The van der Waals surface area contributed by atoms with Gasteiger partial charge in [-0.1, -0.05) is 256 Å². The van der Waals surface area contributed by atoms with Gasteiger partial charge in [0.2, 0.25) is 0 Å². The molecule has 0 aliphatic rings. The molecule has 0 aliphatic heterocycles. The maximum atomic E-state index is 7.31. The highest BCUT2D eigenvalue weighted by molar-refractivity contribution is 7.27. The third-order valence-corrected chi connectivity index (χ3v) is 15.9. The maximum Gasteiger partial charge on any atom is 0.275 e. The van der Waals surface area contributed by atoms with Gasteiger partial charge in [-0.15, -0.1) is 0 Å². The van der Waals surface area contributed by atoms with E-state index in [0.717, 1.165) is 22.6 Å². The number of rotatable bonds is 18.